The van der Waals surface area contributed by atoms with Crippen LogP contribution in [-0.4, -0.2) is 23.2 Å². The van der Waals surface area contributed by atoms with Crippen LogP contribution in [0.5, 0.6) is 0 Å². The van der Waals surface area contributed by atoms with Crippen LogP contribution in [0.15, 0.2) is 36.4 Å². The normalized spacial score (nSPS) is 11.3. The first-order valence-electron chi connectivity index (χ1n) is 8.14. The van der Waals surface area contributed by atoms with Gasteiger partial charge in [0.15, 0.2) is 0 Å². The Bertz CT molecular complexity index is 796. The zero-order chi connectivity index (χ0) is 19.3. The molecule has 0 saturated carbocycles. The van der Waals surface area contributed by atoms with E-state index in [9.17, 15) is 9.18 Å². The summed E-state index contributed by atoms with van der Waals surface area (Å²) in [7, 11) is 0. The number of amides is 1. The fourth-order valence-corrected chi connectivity index (χ4v) is 2.95. The Morgan fingerprint density at radius 1 is 1.31 bits per heavy atom. The number of carbonyl (C=O) groups excluding carboxylic acids is 1. The highest BCUT2D eigenvalue weighted by Gasteiger charge is 2.22. The summed E-state index contributed by atoms with van der Waals surface area (Å²) in [5.41, 5.74) is 3.46. The van der Waals surface area contributed by atoms with Crippen LogP contribution in [0.3, 0.4) is 0 Å². The molecule has 0 bridgehead atoms. The Morgan fingerprint density at radius 2 is 2.04 bits per heavy atom. The Labute approximate surface area is 166 Å². The number of halogens is 2. The number of para-hydroxylation sites is 1. The van der Waals surface area contributed by atoms with Crippen molar-refractivity contribution in [2.75, 3.05) is 11.9 Å². The summed E-state index contributed by atoms with van der Waals surface area (Å²) in [5.74, 6) is -1.11. The SMILES string of the molecule is Cc1cc(I)ccc1Nc1c(F)cccc1C(=O)NOC(C)(C)CCO. The number of aliphatic hydroxyl groups excluding tert-OH is 1. The van der Waals surface area contributed by atoms with Gasteiger partial charge in [0.25, 0.3) is 5.91 Å². The quantitative estimate of drug-likeness (QED) is 0.415. The molecule has 0 spiro atoms. The van der Waals surface area contributed by atoms with E-state index >= 15 is 0 Å². The lowest BCUT2D eigenvalue weighted by atomic mass is 10.1. The Balaban J connectivity index is 2.24. The van der Waals surface area contributed by atoms with E-state index in [1.807, 2.05) is 25.1 Å². The van der Waals surface area contributed by atoms with Gasteiger partial charge in [0.2, 0.25) is 0 Å². The van der Waals surface area contributed by atoms with Crippen LogP contribution >= 0.6 is 22.6 Å². The molecule has 0 fully saturated rings. The van der Waals surface area contributed by atoms with Crippen molar-refractivity contribution in [3.05, 3.63) is 56.9 Å². The van der Waals surface area contributed by atoms with Crippen molar-refractivity contribution in [1.82, 2.24) is 5.48 Å². The molecule has 3 N–H and O–H groups in total. The predicted octanol–water partition coefficient (Wildman–Crippen LogP) is 4.30. The lowest BCUT2D eigenvalue weighted by Gasteiger charge is -2.24. The minimum atomic E-state index is -0.738. The van der Waals surface area contributed by atoms with Gasteiger partial charge in [-0.1, -0.05) is 6.07 Å². The number of carbonyl (C=O) groups is 1. The summed E-state index contributed by atoms with van der Waals surface area (Å²) in [6.45, 7) is 5.32. The molecule has 0 heterocycles. The molecular formula is C19H22FIN2O3. The molecule has 2 rings (SSSR count). The molecule has 0 unspecified atom stereocenters. The van der Waals surface area contributed by atoms with Crippen molar-refractivity contribution in [3.63, 3.8) is 0 Å². The Kier molecular flexibility index (Phi) is 6.96. The summed E-state index contributed by atoms with van der Waals surface area (Å²) in [6.07, 6.45) is 0.351. The fraction of sp³-hybridized carbons (Fsp3) is 0.316. The minimum Gasteiger partial charge on any atom is -0.396 e. The van der Waals surface area contributed by atoms with E-state index in [1.165, 1.54) is 18.2 Å². The highest BCUT2D eigenvalue weighted by molar-refractivity contribution is 14.1. The van der Waals surface area contributed by atoms with E-state index in [2.05, 4.69) is 33.4 Å². The first-order chi connectivity index (χ1) is 12.2. The topological polar surface area (TPSA) is 70.6 Å². The van der Waals surface area contributed by atoms with Gasteiger partial charge in [-0.3, -0.25) is 9.63 Å². The van der Waals surface area contributed by atoms with Crippen LogP contribution in [0.1, 0.15) is 36.2 Å². The van der Waals surface area contributed by atoms with Gasteiger partial charge in [0.05, 0.1) is 16.9 Å². The molecule has 140 valence electrons. The average Bonchev–Trinajstić information content (AvgIpc) is 2.56. The van der Waals surface area contributed by atoms with Crippen molar-refractivity contribution in [1.29, 1.82) is 0 Å². The summed E-state index contributed by atoms with van der Waals surface area (Å²) in [5, 5.41) is 12.0. The fourth-order valence-electron chi connectivity index (χ4n) is 2.30. The van der Waals surface area contributed by atoms with Crippen LogP contribution in [0.25, 0.3) is 0 Å². The second-order valence-corrected chi connectivity index (χ2v) is 7.76. The number of hydrogen-bond acceptors (Lipinski definition) is 4. The maximum atomic E-state index is 14.4. The molecule has 2 aromatic carbocycles. The number of anilines is 2. The van der Waals surface area contributed by atoms with Gasteiger partial charge < -0.3 is 10.4 Å². The first-order valence-corrected chi connectivity index (χ1v) is 9.22. The zero-order valence-electron chi connectivity index (χ0n) is 14.9. The number of hydrogen-bond donors (Lipinski definition) is 3. The van der Waals surface area contributed by atoms with Crippen molar-refractivity contribution in [2.45, 2.75) is 32.8 Å². The second kappa shape index (κ2) is 8.79. The molecule has 0 aliphatic heterocycles. The lowest BCUT2D eigenvalue weighted by molar-refractivity contribution is -0.0805. The standard InChI is InChI=1S/C19H22FIN2O3/c1-12-11-13(21)7-8-16(12)22-17-14(5-4-6-15(17)20)18(25)23-26-19(2,3)9-10-24/h4-8,11,22,24H,9-10H2,1-3H3,(H,23,25). The molecular weight excluding hydrogens is 450 g/mol. The smallest absolute Gasteiger partial charge is 0.277 e. The van der Waals surface area contributed by atoms with Gasteiger partial charge in [-0.15, -0.1) is 0 Å². The van der Waals surface area contributed by atoms with Crippen LogP contribution < -0.4 is 10.8 Å². The maximum Gasteiger partial charge on any atom is 0.277 e. The molecule has 0 radical (unpaired) electrons. The van der Waals surface area contributed by atoms with Crippen molar-refractivity contribution in [3.8, 4) is 0 Å². The summed E-state index contributed by atoms with van der Waals surface area (Å²) in [6, 6.07) is 9.98. The largest absolute Gasteiger partial charge is 0.396 e. The van der Waals surface area contributed by atoms with Crippen LogP contribution in [-0.2, 0) is 4.84 Å². The monoisotopic (exact) mass is 472 g/mol. The third-order valence-corrected chi connectivity index (χ3v) is 4.51. The number of aryl methyl sites for hydroxylation is 1. The summed E-state index contributed by atoms with van der Waals surface area (Å²) < 4.78 is 15.5. The number of nitrogens with one attached hydrogen (secondary N) is 2. The molecule has 0 saturated heterocycles. The van der Waals surface area contributed by atoms with Gasteiger partial charge in [0.1, 0.15) is 5.82 Å². The number of aliphatic hydroxyl groups is 1. The van der Waals surface area contributed by atoms with Crippen LogP contribution in [0, 0.1) is 16.3 Å². The van der Waals surface area contributed by atoms with Crippen molar-refractivity contribution >= 4 is 39.9 Å². The minimum absolute atomic E-state index is 0.0677. The van der Waals surface area contributed by atoms with Crippen LogP contribution in [0.4, 0.5) is 15.8 Å². The van der Waals surface area contributed by atoms with Gasteiger partial charge >= 0.3 is 0 Å². The predicted molar refractivity (Wildman–Crippen MR) is 108 cm³/mol. The third kappa shape index (κ3) is 5.39. The molecule has 0 aromatic heterocycles. The van der Waals surface area contributed by atoms with E-state index in [-0.39, 0.29) is 17.9 Å². The maximum absolute atomic E-state index is 14.4. The number of benzene rings is 2. The highest BCUT2D eigenvalue weighted by atomic mass is 127. The molecule has 0 atom stereocenters. The molecule has 1 amide bonds. The highest BCUT2D eigenvalue weighted by Crippen LogP contribution is 2.27. The van der Waals surface area contributed by atoms with Gasteiger partial charge in [0, 0.05) is 22.3 Å². The summed E-state index contributed by atoms with van der Waals surface area (Å²) in [4.78, 5) is 17.9. The van der Waals surface area contributed by atoms with E-state index in [4.69, 9.17) is 9.94 Å². The molecule has 2 aromatic rings. The second-order valence-electron chi connectivity index (χ2n) is 6.51. The molecule has 0 aliphatic rings. The van der Waals surface area contributed by atoms with E-state index in [1.54, 1.807) is 13.8 Å². The molecule has 0 aliphatic carbocycles. The van der Waals surface area contributed by atoms with Crippen molar-refractivity contribution in [2.24, 2.45) is 0 Å². The Hall–Kier alpha value is -1.71. The van der Waals surface area contributed by atoms with Crippen molar-refractivity contribution < 1.29 is 19.1 Å². The van der Waals surface area contributed by atoms with Gasteiger partial charge in [-0.2, -0.15) is 0 Å². The van der Waals surface area contributed by atoms with Crippen LogP contribution in [0.2, 0.25) is 0 Å². The third-order valence-electron chi connectivity index (χ3n) is 3.84. The summed E-state index contributed by atoms with van der Waals surface area (Å²) >= 11 is 2.20. The number of hydroxylamine groups is 1. The molecule has 7 heteroatoms. The lowest BCUT2D eigenvalue weighted by Crippen LogP contribution is -2.36. The van der Waals surface area contributed by atoms with Gasteiger partial charge in [-0.05, 0) is 79.3 Å². The van der Waals surface area contributed by atoms with E-state index in [0.29, 0.717) is 12.1 Å². The molecule has 5 nitrogen and oxygen atoms in total. The Morgan fingerprint density at radius 3 is 2.69 bits per heavy atom. The van der Waals surface area contributed by atoms with E-state index < -0.39 is 17.3 Å². The first kappa shape index (κ1) is 20.6. The number of rotatable bonds is 7. The average molecular weight is 472 g/mol. The van der Waals surface area contributed by atoms with Gasteiger partial charge in [-0.25, -0.2) is 9.87 Å². The van der Waals surface area contributed by atoms with E-state index in [0.717, 1.165) is 9.13 Å². The zero-order valence-corrected chi connectivity index (χ0v) is 17.1. The molecule has 26 heavy (non-hydrogen) atoms.